The summed E-state index contributed by atoms with van der Waals surface area (Å²) in [5.41, 5.74) is 21.5. The Balaban J connectivity index is 1.73. The van der Waals surface area contributed by atoms with Gasteiger partial charge in [-0.25, -0.2) is 0 Å². The highest BCUT2D eigenvalue weighted by Gasteiger charge is 2.32. The number of carbonyl (C=O) groups is 4. The van der Waals surface area contributed by atoms with Gasteiger partial charge in [-0.1, -0.05) is 143 Å². The first-order chi connectivity index (χ1) is 32.4. The number of fused-ring (bicyclic) bond motifs is 1. The molecule has 0 spiro atoms. The predicted octanol–water partition coefficient (Wildman–Crippen LogP) is 14.2. The number of amides is 4. The van der Waals surface area contributed by atoms with Crippen molar-refractivity contribution in [2.75, 3.05) is 21.3 Å². The van der Waals surface area contributed by atoms with Crippen molar-refractivity contribution >= 4 is 68.5 Å². The lowest BCUT2D eigenvalue weighted by Crippen LogP contribution is -2.24. The van der Waals surface area contributed by atoms with Crippen LogP contribution in [-0.4, -0.2) is 23.6 Å². The van der Waals surface area contributed by atoms with E-state index in [1.54, 1.807) is 6.07 Å². The Morgan fingerprint density at radius 1 is 0.471 bits per heavy atom. The molecule has 8 N–H and O–H groups in total. The third-order valence-electron chi connectivity index (χ3n) is 12.7. The molecule has 4 amide bonds. The van der Waals surface area contributed by atoms with Gasteiger partial charge >= 0.3 is 0 Å². The van der Waals surface area contributed by atoms with Gasteiger partial charge < -0.3 is 32.7 Å². The van der Waals surface area contributed by atoms with Crippen LogP contribution in [0.5, 0.6) is 0 Å². The summed E-state index contributed by atoms with van der Waals surface area (Å²) < 4.78 is 0. The minimum absolute atomic E-state index is 0.00666. The van der Waals surface area contributed by atoms with Crippen molar-refractivity contribution < 1.29 is 19.2 Å². The van der Waals surface area contributed by atoms with Crippen molar-refractivity contribution in [3.05, 3.63) is 153 Å². The molecule has 0 saturated carbocycles. The highest BCUT2D eigenvalue weighted by atomic mass is 16.2. The molecule has 0 bridgehead atoms. The zero-order chi connectivity index (χ0) is 49.4. The molecule has 6 aromatic carbocycles. The van der Waals surface area contributed by atoms with Crippen LogP contribution in [0.2, 0.25) is 0 Å². The van der Waals surface area contributed by atoms with Crippen molar-refractivity contribution in [3.8, 4) is 0 Å². The lowest BCUT2D eigenvalue weighted by molar-refractivity contribution is 0.0989. The van der Waals surface area contributed by atoms with Crippen molar-refractivity contribution in [3.63, 3.8) is 0 Å². The molecule has 356 valence electrons. The van der Waals surface area contributed by atoms with Crippen molar-refractivity contribution in [1.29, 1.82) is 0 Å². The van der Waals surface area contributed by atoms with Gasteiger partial charge in [0.25, 0.3) is 17.7 Å². The molecule has 0 aliphatic rings. The molecule has 0 unspecified atom stereocenters. The van der Waals surface area contributed by atoms with Crippen molar-refractivity contribution in [2.45, 2.75) is 131 Å². The second kappa shape index (κ2) is 22.2. The summed E-state index contributed by atoms with van der Waals surface area (Å²) in [5.74, 6) is -2.74. The largest absolute Gasteiger partial charge is 0.366 e. The molecule has 0 atom stereocenters. The van der Waals surface area contributed by atoms with Gasteiger partial charge in [0.05, 0.1) is 28.1 Å². The minimum Gasteiger partial charge on any atom is -0.366 e. The topological polar surface area (TPSA) is 168 Å². The average Bonchev–Trinajstić information content (AvgIpc) is 3.30. The first kappa shape index (κ1) is 50.5. The van der Waals surface area contributed by atoms with Gasteiger partial charge in [-0.2, -0.15) is 0 Å². The van der Waals surface area contributed by atoms with Crippen LogP contribution in [-0.2, 0) is 12.8 Å². The second-order valence-electron chi connectivity index (χ2n) is 19.2. The molecule has 0 aromatic heterocycles. The molecule has 6 rings (SSSR count). The van der Waals surface area contributed by atoms with Crippen molar-refractivity contribution in [2.24, 2.45) is 11.5 Å². The minimum atomic E-state index is -0.880. The average molecular weight is 915 g/mol. The van der Waals surface area contributed by atoms with Crippen LogP contribution in [0.4, 0.5) is 34.1 Å². The Kier molecular flexibility index (Phi) is 16.5. The predicted molar refractivity (Wildman–Crippen MR) is 283 cm³/mol. The van der Waals surface area contributed by atoms with Gasteiger partial charge in [0, 0.05) is 39.1 Å². The van der Waals surface area contributed by atoms with E-state index in [9.17, 15) is 9.59 Å². The van der Waals surface area contributed by atoms with E-state index >= 15 is 9.59 Å². The number of hydrogen-bond donors (Lipinski definition) is 6. The normalized spacial score (nSPS) is 11.4. The number of nitrogens with two attached hydrogens (primary N) is 2. The van der Waals surface area contributed by atoms with Crippen LogP contribution in [0, 0.1) is 0 Å². The Morgan fingerprint density at radius 2 is 0.838 bits per heavy atom. The molecule has 0 radical (unpaired) electrons. The summed E-state index contributed by atoms with van der Waals surface area (Å²) in [5, 5.41) is 13.3. The Labute approximate surface area is 403 Å². The van der Waals surface area contributed by atoms with Gasteiger partial charge in [-0.05, 0) is 119 Å². The maximum Gasteiger partial charge on any atom is 0.258 e. The number of rotatable bonds is 20. The fourth-order valence-electron chi connectivity index (χ4n) is 9.03. The third kappa shape index (κ3) is 11.2. The molecule has 6 aromatic rings. The molecule has 0 aliphatic heterocycles. The molecular formula is C58H70N6O4. The number of benzene rings is 6. The lowest BCUT2D eigenvalue weighted by Gasteiger charge is -2.25. The summed E-state index contributed by atoms with van der Waals surface area (Å²) in [4.78, 5) is 59.3. The number of anilines is 6. The van der Waals surface area contributed by atoms with Crippen LogP contribution >= 0.6 is 0 Å². The summed E-state index contributed by atoms with van der Waals surface area (Å²) in [6.45, 7) is 20.8. The standard InChI is InChI=1S/C58H70N6O4/c1-11-13-17-37-23-27-39(28-24-37)61-47-31-45(55(59)65)49-50(51(47)56(60)66)46(57(67)63-53-41(33(3)4)19-15-20-42(53)34(5)6)32-48(62-40-29-25-38(26-30-40)18-14-12-2)52(49)58(68)64-54-43(35(7)8)21-16-22-44(54)36(9)10/h15-16,19-36,61-62H,11-14,17-18H2,1-10H3,(H2,59,65)(H2,60,66)(H,63,67)(H,64,68). The zero-order valence-corrected chi connectivity index (χ0v) is 41.6. The molecule has 68 heavy (non-hydrogen) atoms. The second-order valence-corrected chi connectivity index (χ2v) is 19.2. The van der Waals surface area contributed by atoms with Gasteiger partial charge in [-0.15, -0.1) is 0 Å². The number of unbranched alkanes of at least 4 members (excludes halogenated alkanes) is 2. The number of aryl methyl sites for hydroxylation is 2. The fraction of sp³-hybridized carbons (Fsp3) is 0.345. The van der Waals surface area contributed by atoms with E-state index < -0.39 is 23.6 Å². The van der Waals surface area contributed by atoms with E-state index in [0.29, 0.717) is 22.7 Å². The van der Waals surface area contributed by atoms with Crippen LogP contribution in [0.15, 0.2) is 97.1 Å². The van der Waals surface area contributed by atoms with E-state index in [1.807, 2.05) is 84.9 Å². The van der Waals surface area contributed by atoms with E-state index in [4.69, 9.17) is 11.5 Å². The first-order valence-corrected chi connectivity index (χ1v) is 24.3. The molecule has 0 fully saturated rings. The molecular weight excluding hydrogens is 845 g/mol. The third-order valence-corrected chi connectivity index (χ3v) is 12.7. The molecule has 0 heterocycles. The molecule has 10 heteroatoms. The summed E-state index contributed by atoms with van der Waals surface area (Å²) >= 11 is 0. The lowest BCUT2D eigenvalue weighted by atomic mass is 9.87. The molecule has 10 nitrogen and oxygen atoms in total. The molecule has 0 saturated heterocycles. The highest BCUT2D eigenvalue weighted by Crippen LogP contribution is 2.43. The van der Waals surface area contributed by atoms with E-state index in [-0.39, 0.29) is 68.1 Å². The smallest absolute Gasteiger partial charge is 0.258 e. The monoisotopic (exact) mass is 915 g/mol. The van der Waals surface area contributed by atoms with Crippen LogP contribution in [0.1, 0.15) is 193 Å². The van der Waals surface area contributed by atoms with E-state index in [1.165, 1.54) is 6.07 Å². The summed E-state index contributed by atoms with van der Waals surface area (Å²) in [7, 11) is 0. The maximum absolute atomic E-state index is 15.6. The maximum atomic E-state index is 15.6. The van der Waals surface area contributed by atoms with E-state index in [0.717, 1.165) is 71.9 Å². The SMILES string of the molecule is CCCCc1ccc(Nc2cc(C(N)=O)c3c(C(=O)Nc4c(C(C)C)cccc4C(C)C)c(Nc4ccc(CCCC)cc4)cc(C(=O)Nc4c(C(C)C)cccc4C(C)C)c3c2C(N)=O)cc1. The zero-order valence-electron chi connectivity index (χ0n) is 41.6. The van der Waals surface area contributed by atoms with Crippen LogP contribution < -0.4 is 32.7 Å². The summed E-state index contributed by atoms with van der Waals surface area (Å²) in [6, 6.07) is 30.7. The number of hydrogen-bond acceptors (Lipinski definition) is 6. The van der Waals surface area contributed by atoms with E-state index in [2.05, 4.69) is 90.5 Å². The summed E-state index contributed by atoms with van der Waals surface area (Å²) in [6.07, 6.45) is 6.00. The Bertz CT molecular complexity index is 2750. The first-order valence-electron chi connectivity index (χ1n) is 24.3. The van der Waals surface area contributed by atoms with Gasteiger partial charge in [-0.3, -0.25) is 19.2 Å². The van der Waals surface area contributed by atoms with Gasteiger partial charge in [0.15, 0.2) is 0 Å². The highest BCUT2D eigenvalue weighted by molar-refractivity contribution is 6.31. The number of primary amides is 2. The van der Waals surface area contributed by atoms with Gasteiger partial charge in [0.2, 0.25) is 5.91 Å². The van der Waals surface area contributed by atoms with Crippen molar-refractivity contribution in [1.82, 2.24) is 0 Å². The Morgan fingerprint density at radius 3 is 1.21 bits per heavy atom. The number of para-hydroxylation sites is 2. The Hall–Kier alpha value is -6.94. The fourth-order valence-corrected chi connectivity index (χ4v) is 9.03. The number of carbonyl (C=O) groups excluding carboxylic acids is 4. The van der Waals surface area contributed by atoms with Crippen LogP contribution in [0.3, 0.4) is 0 Å². The number of nitrogens with one attached hydrogen (secondary N) is 4. The molecule has 0 aliphatic carbocycles. The van der Waals surface area contributed by atoms with Gasteiger partial charge in [0.1, 0.15) is 0 Å². The van der Waals surface area contributed by atoms with Crippen LogP contribution in [0.25, 0.3) is 10.8 Å². The quantitative estimate of drug-likeness (QED) is 0.0445.